The molecule has 1 atom stereocenters. The lowest BCUT2D eigenvalue weighted by molar-refractivity contribution is -0.148. The van der Waals surface area contributed by atoms with E-state index in [2.05, 4.69) is 17.2 Å². The molecule has 0 heterocycles. The molecule has 0 aromatic heterocycles. The molecule has 0 aliphatic rings. The molecule has 0 aliphatic heterocycles. The predicted octanol–water partition coefficient (Wildman–Crippen LogP) is 5.35. The number of amides is 1. The third kappa shape index (κ3) is 23.2. The molecule has 0 unspecified atom stereocenters. The van der Waals surface area contributed by atoms with Gasteiger partial charge in [0.15, 0.2) is 5.96 Å². The number of carbonyl (C=O) groups is 2. The number of hydrogen-bond acceptors (Lipinski definition) is 4. The average Bonchev–Trinajstić information content (AvgIpc) is 2.77. The van der Waals surface area contributed by atoms with Gasteiger partial charge in [-0.3, -0.25) is 9.79 Å². The molecule has 0 radical (unpaired) electrons. The van der Waals surface area contributed by atoms with Gasteiger partial charge in [0.05, 0.1) is 6.61 Å². The molecule has 0 aromatic carbocycles. The number of esters is 1. The van der Waals surface area contributed by atoms with Crippen molar-refractivity contribution in [3.8, 4) is 0 Å². The van der Waals surface area contributed by atoms with Gasteiger partial charge in [0.1, 0.15) is 6.04 Å². The van der Waals surface area contributed by atoms with Crippen LogP contribution in [0.3, 0.4) is 0 Å². The average molecular weight is 469 g/mol. The van der Waals surface area contributed by atoms with Crippen molar-refractivity contribution in [2.24, 2.45) is 16.5 Å². The summed E-state index contributed by atoms with van der Waals surface area (Å²) in [5.41, 5.74) is 10.6. The number of aliphatic imine (C=N–C) groups is 1. The Morgan fingerprint density at radius 1 is 0.758 bits per heavy atom. The molecule has 0 bridgehead atoms. The molecule has 0 saturated carbocycles. The van der Waals surface area contributed by atoms with Gasteiger partial charge < -0.3 is 21.5 Å². The molecule has 194 valence electrons. The van der Waals surface area contributed by atoms with E-state index in [4.69, 9.17) is 16.2 Å². The van der Waals surface area contributed by atoms with Crippen molar-refractivity contribution < 1.29 is 14.3 Å². The zero-order valence-electron chi connectivity index (χ0n) is 21.5. The van der Waals surface area contributed by atoms with Crippen LogP contribution in [0, 0.1) is 0 Å². The second-order valence-corrected chi connectivity index (χ2v) is 9.17. The van der Waals surface area contributed by atoms with Gasteiger partial charge in [0, 0.05) is 13.5 Å². The van der Waals surface area contributed by atoms with Gasteiger partial charge in [-0.2, -0.15) is 0 Å². The second kappa shape index (κ2) is 23.4. The Balaban J connectivity index is 3.57. The normalized spacial score (nSPS) is 11.7. The summed E-state index contributed by atoms with van der Waals surface area (Å²) in [7, 11) is 0. The maximum atomic E-state index is 12.2. The molecule has 5 N–H and O–H groups in total. The van der Waals surface area contributed by atoms with Crippen molar-refractivity contribution in [3.63, 3.8) is 0 Å². The maximum Gasteiger partial charge on any atom is 0.328 e. The van der Waals surface area contributed by atoms with Crippen LogP contribution in [0.1, 0.15) is 129 Å². The van der Waals surface area contributed by atoms with Crippen molar-refractivity contribution in [3.05, 3.63) is 0 Å². The summed E-state index contributed by atoms with van der Waals surface area (Å²) in [5, 5.41) is 2.65. The molecule has 0 fully saturated rings. The standard InChI is InChI=1S/C26H52N4O3/c1-3-4-5-6-7-8-9-10-11-12-13-14-15-16-17-18-22-33-25(32)24(30-23(2)31)20-19-21-29-26(27)28/h24H,3-22H2,1-2H3,(H,30,31)(H4,27,28,29)/t24-/m0/s1. The van der Waals surface area contributed by atoms with E-state index in [1.54, 1.807) is 0 Å². The fraction of sp³-hybridized carbons (Fsp3) is 0.885. The molecular formula is C26H52N4O3. The van der Waals surface area contributed by atoms with E-state index in [1.165, 1.54) is 96.8 Å². The summed E-state index contributed by atoms with van der Waals surface area (Å²) in [6, 6.07) is -0.641. The lowest BCUT2D eigenvalue weighted by Gasteiger charge is -2.16. The van der Waals surface area contributed by atoms with Crippen molar-refractivity contribution >= 4 is 17.8 Å². The Hall–Kier alpha value is -1.79. The highest BCUT2D eigenvalue weighted by Crippen LogP contribution is 2.13. The van der Waals surface area contributed by atoms with Gasteiger partial charge in [-0.05, 0) is 19.3 Å². The van der Waals surface area contributed by atoms with E-state index in [-0.39, 0.29) is 17.8 Å². The number of nitrogens with zero attached hydrogens (tertiary/aromatic N) is 1. The molecule has 7 nitrogen and oxygen atoms in total. The molecule has 0 saturated heterocycles. The minimum atomic E-state index is -0.641. The molecule has 7 heteroatoms. The number of nitrogens with one attached hydrogen (secondary N) is 1. The summed E-state index contributed by atoms with van der Waals surface area (Å²) in [5.74, 6) is -0.603. The Kier molecular flexibility index (Phi) is 22.1. The first-order chi connectivity index (χ1) is 16.0. The highest BCUT2D eigenvalue weighted by atomic mass is 16.5. The maximum absolute atomic E-state index is 12.2. The van der Waals surface area contributed by atoms with Gasteiger partial charge in [-0.1, -0.05) is 103 Å². The van der Waals surface area contributed by atoms with Crippen molar-refractivity contribution in [1.82, 2.24) is 5.32 Å². The Morgan fingerprint density at radius 2 is 1.21 bits per heavy atom. The fourth-order valence-electron chi connectivity index (χ4n) is 3.92. The van der Waals surface area contributed by atoms with Crippen molar-refractivity contribution in [1.29, 1.82) is 0 Å². The second-order valence-electron chi connectivity index (χ2n) is 9.17. The van der Waals surface area contributed by atoms with E-state index >= 15 is 0 Å². The van der Waals surface area contributed by atoms with E-state index in [0.29, 0.717) is 26.0 Å². The van der Waals surface area contributed by atoms with E-state index in [0.717, 1.165) is 12.8 Å². The molecule has 33 heavy (non-hydrogen) atoms. The zero-order valence-corrected chi connectivity index (χ0v) is 21.5. The minimum absolute atomic E-state index is 0.0251. The van der Waals surface area contributed by atoms with Gasteiger partial charge in [0.2, 0.25) is 5.91 Å². The van der Waals surface area contributed by atoms with Gasteiger partial charge in [-0.25, -0.2) is 4.79 Å². The van der Waals surface area contributed by atoms with Crippen molar-refractivity contribution in [2.75, 3.05) is 13.2 Å². The third-order valence-electron chi connectivity index (χ3n) is 5.85. The first-order valence-corrected chi connectivity index (χ1v) is 13.5. The van der Waals surface area contributed by atoms with Crippen LogP contribution in [0.5, 0.6) is 0 Å². The van der Waals surface area contributed by atoms with E-state index in [1.807, 2.05) is 0 Å². The number of ether oxygens (including phenoxy) is 1. The smallest absolute Gasteiger partial charge is 0.328 e. The Labute approximate surface area is 202 Å². The summed E-state index contributed by atoms with van der Waals surface area (Å²) >= 11 is 0. The first kappa shape index (κ1) is 31.2. The lowest BCUT2D eigenvalue weighted by atomic mass is 10.0. The zero-order chi connectivity index (χ0) is 24.6. The van der Waals surface area contributed by atoms with Crippen LogP contribution >= 0.6 is 0 Å². The minimum Gasteiger partial charge on any atom is -0.464 e. The van der Waals surface area contributed by atoms with Gasteiger partial charge >= 0.3 is 5.97 Å². The monoisotopic (exact) mass is 468 g/mol. The highest BCUT2D eigenvalue weighted by molar-refractivity contribution is 5.83. The molecular weight excluding hydrogens is 416 g/mol. The lowest BCUT2D eigenvalue weighted by Crippen LogP contribution is -2.41. The number of unbranched alkanes of at least 4 members (excludes halogenated alkanes) is 15. The first-order valence-electron chi connectivity index (χ1n) is 13.5. The molecule has 0 aromatic rings. The van der Waals surface area contributed by atoms with E-state index < -0.39 is 6.04 Å². The van der Waals surface area contributed by atoms with E-state index in [9.17, 15) is 9.59 Å². The summed E-state index contributed by atoms with van der Waals surface area (Å²) in [6.45, 7) is 4.49. The van der Waals surface area contributed by atoms with Crippen LogP contribution in [0.25, 0.3) is 0 Å². The quantitative estimate of drug-likeness (QED) is 0.0808. The van der Waals surface area contributed by atoms with Crippen LogP contribution in [-0.2, 0) is 14.3 Å². The highest BCUT2D eigenvalue weighted by Gasteiger charge is 2.20. The predicted molar refractivity (Wildman–Crippen MR) is 138 cm³/mol. The van der Waals surface area contributed by atoms with Crippen LogP contribution in [0.15, 0.2) is 4.99 Å². The van der Waals surface area contributed by atoms with Gasteiger partial charge in [-0.15, -0.1) is 0 Å². The summed E-state index contributed by atoms with van der Waals surface area (Å²) < 4.78 is 5.36. The van der Waals surface area contributed by atoms with Gasteiger partial charge in [0.25, 0.3) is 0 Å². The van der Waals surface area contributed by atoms with Crippen LogP contribution in [0.4, 0.5) is 0 Å². The van der Waals surface area contributed by atoms with Crippen LogP contribution < -0.4 is 16.8 Å². The summed E-state index contributed by atoms with van der Waals surface area (Å²) in [4.78, 5) is 27.5. The third-order valence-corrected chi connectivity index (χ3v) is 5.85. The largest absolute Gasteiger partial charge is 0.464 e. The molecule has 1 amide bonds. The Bertz CT molecular complexity index is 508. The number of rotatable bonds is 23. The molecule has 0 spiro atoms. The number of hydrogen-bond donors (Lipinski definition) is 3. The van der Waals surface area contributed by atoms with Crippen molar-refractivity contribution in [2.45, 2.75) is 135 Å². The topological polar surface area (TPSA) is 120 Å². The number of nitrogens with two attached hydrogens (primary N) is 2. The summed E-state index contributed by atoms with van der Waals surface area (Å²) in [6.07, 6.45) is 22.0. The number of carbonyl (C=O) groups excluding carboxylic acids is 2. The van der Waals surface area contributed by atoms with Crippen LogP contribution in [0.2, 0.25) is 0 Å². The molecule has 0 rings (SSSR count). The van der Waals surface area contributed by atoms with Crippen LogP contribution in [-0.4, -0.2) is 37.0 Å². The fourth-order valence-corrected chi connectivity index (χ4v) is 3.92. The molecule has 0 aliphatic carbocycles. The Morgan fingerprint density at radius 3 is 1.64 bits per heavy atom. The SMILES string of the molecule is CCCCCCCCCCCCCCCCCCOC(=O)[C@H](CCCN=C(N)N)NC(C)=O. The number of guanidine groups is 1.